The molecule has 0 aliphatic carbocycles. The zero-order chi connectivity index (χ0) is 17.6. The van der Waals surface area contributed by atoms with Gasteiger partial charge in [0.1, 0.15) is 0 Å². The first-order valence-corrected chi connectivity index (χ1v) is 8.29. The molecule has 1 aliphatic rings. The van der Waals surface area contributed by atoms with Crippen LogP contribution in [-0.4, -0.2) is 36.7 Å². The van der Waals surface area contributed by atoms with Gasteiger partial charge in [0.25, 0.3) is 5.92 Å². The summed E-state index contributed by atoms with van der Waals surface area (Å²) in [6, 6.07) is 8.60. The monoisotopic (exact) mass is 341 g/mol. The highest BCUT2D eigenvalue weighted by Gasteiger charge is 2.40. The third-order valence-corrected chi connectivity index (χ3v) is 4.21. The highest BCUT2D eigenvalue weighted by atomic mass is 19.3. The molecule has 4 nitrogen and oxygen atoms in total. The molecule has 0 spiro atoms. The number of carbonyl (C=O) groups excluding carboxylic acids is 1. The maximum atomic E-state index is 14.1. The van der Waals surface area contributed by atoms with Crippen molar-refractivity contribution in [1.82, 2.24) is 5.32 Å². The van der Waals surface area contributed by atoms with E-state index in [0.29, 0.717) is 26.1 Å². The Labute approximate surface area is 141 Å². The highest BCUT2D eigenvalue weighted by molar-refractivity contribution is 5.73. The summed E-state index contributed by atoms with van der Waals surface area (Å²) in [6.07, 6.45) is 0.264. The second kappa shape index (κ2) is 8.53. The fraction of sp³-hybridized carbons (Fsp3) is 0.611. The van der Waals surface area contributed by atoms with Crippen molar-refractivity contribution in [3.05, 3.63) is 35.9 Å². The van der Waals surface area contributed by atoms with Crippen LogP contribution < -0.4 is 5.32 Å². The van der Waals surface area contributed by atoms with Crippen LogP contribution in [0.4, 0.5) is 8.78 Å². The van der Waals surface area contributed by atoms with Gasteiger partial charge >= 0.3 is 0 Å². The number of carbonyl (C=O) groups is 1. The van der Waals surface area contributed by atoms with Gasteiger partial charge in [0, 0.05) is 13.3 Å². The van der Waals surface area contributed by atoms with E-state index in [4.69, 9.17) is 9.47 Å². The van der Waals surface area contributed by atoms with Crippen LogP contribution in [0.1, 0.15) is 38.7 Å². The average molecular weight is 341 g/mol. The van der Waals surface area contributed by atoms with E-state index in [1.165, 1.54) is 13.8 Å². The molecule has 1 amide bonds. The molecule has 1 aromatic rings. The minimum atomic E-state index is -2.99. The van der Waals surface area contributed by atoms with E-state index in [0.717, 1.165) is 5.56 Å². The molecule has 0 unspecified atom stereocenters. The third kappa shape index (κ3) is 5.83. The average Bonchev–Trinajstić information content (AvgIpc) is 2.54. The number of hydrogen-bond donors (Lipinski definition) is 1. The first-order valence-electron chi connectivity index (χ1n) is 8.29. The van der Waals surface area contributed by atoms with Gasteiger partial charge in [0.05, 0.1) is 31.5 Å². The molecule has 1 N–H and O–H groups in total. The van der Waals surface area contributed by atoms with Gasteiger partial charge in [-0.2, -0.15) is 0 Å². The van der Waals surface area contributed by atoms with Crippen LogP contribution in [-0.2, 0) is 20.9 Å². The van der Waals surface area contributed by atoms with Crippen LogP contribution in [0, 0.1) is 0 Å². The van der Waals surface area contributed by atoms with E-state index >= 15 is 0 Å². The van der Waals surface area contributed by atoms with E-state index in [1.807, 2.05) is 30.3 Å². The minimum absolute atomic E-state index is 0.0668. The number of benzene rings is 1. The summed E-state index contributed by atoms with van der Waals surface area (Å²) in [7, 11) is 0. The summed E-state index contributed by atoms with van der Waals surface area (Å²) in [6.45, 7) is 3.37. The zero-order valence-electron chi connectivity index (χ0n) is 14.1. The Hall–Kier alpha value is -1.53. The number of nitrogens with one attached hydrogen (secondary N) is 1. The summed E-state index contributed by atoms with van der Waals surface area (Å²) in [5.41, 5.74) is 1.08. The van der Waals surface area contributed by atoms with Crippen molar-refractivity contribution in [2.75, 3.05) is 6.61 Å². The van der Waals surface area contributed by atoms with Crippen molar-refractivity contribution in [2.24, 2.45) is 0 Å². The molecule has 134 valence electrons. The second-order valence-corrected chi connectivity index (χ2v) is 6.34. The molecule has 0 saturated carbocycles. The molecule has 6 heteroatoms. The van der Waals surface area contributed by atoms with Crippen LogP contribution in [0.5, 0.6) is 0 Å². The lowest BCUT2D eigenvalue weighted by molar-refractivity contribution is -0.137. The maximum absolute atomic E-state index is 14.1. The van der Waals surface area contributed by atoms with Crippen molar-refractivity contribution in [2.45, 2.75) is 63.9 Å². The van der Waals surface area contributed by atoms with E-state index in [9.17, 15) is 13.6 Å². The van der Waals surface area contributed by atoms with Crippen LogP contribution >= 0.6 is 0 Å². The fourth-order valence-corrected chi connectivity index (χ4v) is 2.75. The molecule has 1 aromatic carbocycles. The van der Waals surface area contributed by atoms with Gasteiger partial charge in [0.15, 0.2) is 0 Å². The Morgan fingerprint density at radius 2 is 2.08 bits per heavy atom. The number of rotatable bonds is 7. The molecule has 0 bridgehead atoms. The summed E-state index contributed by atoms with van der Waals surface area (Å²) in [4.78, 5) is 10.9. The minimum Gasteiger partial charge on any atom is -0.375 e. The van der Waals surface area contributed by atoms with Crippen LogP contribution in [0.15, 0.2) is 30.3 Å². The van der Waals surface area contributed by atoms with Gasteiger partial charge in [-0.05, 0) is 25.3 Å². The van der Waals surface area contributed by atoms with Crippen LogP contribution in [0.2, 0.25) is 0 Å². The van der Waals surface area contributed by atoms with Gasteiger partial charge in [-0.1, -0.05) is 30.3 Å². The fourth-order valence-electron chi connectivity index (χ4n) is 2.75. The lowest BCUT2D eigenvalue weighted by Gasteiger charge is -2.33. The Bertz CT molecular complexity index is 516. The number of amides is 1. The van der Waals surface area contributed by atoms with Crippen molar-refractivity contribution in [3.8, 4) is 0 Å². The molecule has 1 saturated heterocycles. The number of ether oxygens (including phenoxy) is 2. The molecular weight excluding hydrogens is 316 g/mol. The largest absolute Gasteiger partial charge is 0.375 e. The SMILES string of the molecule is CC(=O)N[C@@H](C)C(F)(F)C[C@H]1CC[C@H](OCc2ccccc2)CO1. The van der Waals surface area contributed by atoms with E-state index < -0.39 is 24.0 Å². The molecule has 3 atom stereocenters. The van der Waals surface area contributed by atoms with Crippen LogP contribution in [0.25, 0.3) is 0 Å². The standard InChI is InChI=1S/C18H25F2NO3/c1-13(21-14(2)22)18(19,20)10-16-8-9-17(12-24-16)23-11-15-6-4-3-5-7-15/h3-7,13,16-17H,8-12H2,1-2H3,(H,21,22)/t13-,16+,17-/m0/s1. The topological polar surface area (TPSA) is 47.6 Å². The molecule has 0 radical (unpaired) electrons. The number of alkyl halides is 2. The first kappa shape index (κ1) is 18.8. The van der Waals surface area contributed by atoms with E-state index in [1.54, 1.807) is 0 Å². The number of hydrogen-bond acceptors (Lipinski definition) is 3. The number of halogens is 2. The van der Waals surface area contributed by atoms with Crippen molar-refractivity contribution in [1.29, 1.82) is 0 Å². The first-order chi connectivity index (χ1) is 11.4. The molecule has 0 aromatic heterocycles. The zero-order valence-corrected chi connectivity index (χ0v) is 14.1. The lowest BCUT2D eigenvalue weighted by atomic mass is 9.98. The van der Waals surface area contributed by atoms with E-state index in [-0.39, 0.29) is 12.5 Å². The van der Waals surface area contributed by atoms with Gasteiger partial charge < -0.3 is 14.8 Å². The van der Waals surface area contributed by atoms with Crippen molar-refractivity contribution in [3.63, 3.8) is 0 Å². The molecule has 1 aliphatic heterocycles. The van der Waals surface area contributed by atoms with Crippen LogP contribution in [0.3, 0.4) is 0 Å². The molecular formula is C18H25F2NO3. The Kier molecular flexibility index (Phi) is 6.69. The van der Waals surface area contributed by atoms with Gasteiger partial charge in [-0.15, -0.1) is 0 Å². The smallest absolute Gasteiger partial charge is 0.270 e. The Morgan fingerprint density at radius 1 is 1.38 bits per heavy atom. The lowest BCUT2D eigenvalue weighted by Crippen LogP contribution is -2.47. The predicted octanol–water partition coefficient (Wildman–Crippen LogP) is 3.30. The van der Waals surface area contributed by atoms with Gasteiger partial charge in [-0.3, -0.25) is 4.79 Å². The van der Waals surface area contributed by atoms with Crippen molar-refractivity contribution >= 4 is 5.91 Å². The van der Waals surface area contributed by atoms with Gasteiger partial charge in [0.2, 0.25) is 5.91 Å². The third-order valence-electron chi connectivity index (χ3n) is 4.21. The Balaban J connectivity index is 1.73. The maximum Gasteiger partial charge on any atom is 0.270 e. The molecule has 1 heterocycles. The summed E-state index contributed by atoms with van der Waals surface area (Å²) >= 11 is 0. The highest BCUT2D eigenvalue weighted by Crippen LogP contribution is 2.30. The van der Waals surface area contributed by atoms with Gasteiger partial charge in [-0.25, -0.2) is 8.78 Å². The summed E-state index contributed by atoms with van der Waals surface area (Å²) in [5, 5.41) is 2.25. The second-order valence-electron chi connectivity index (χ2n) is 6.34. The quantitative estimate of drug-likeness (QED) is 0.828. The normalized spacial score (nSPS) is 22.8. The summed E-state index contributed by atoms with van der Waals surface area (Å²) < 4.78 is 39.5. The molecule has 2 rings (SSSR count). The predicted molar refractivity (Wildman–Crippen MR) is 86.8 cm³/mol. The van der Waals surface area contributed by atoms with E-state index in [2.05, 4.69) is 5.32 Å². The van der Waals surface area contributed by atoms with Crippen molar-refractivity contribution < 1.29 is 23.0 Å². The molecule has 1 fully saturated rings. The summed E-state index contributed by atoms with van der Waals surface area (Å²) in [5.74, 6) is -3.45. The molecule has 24 heavy (non-hydrogen) atoms. The Morgan fingerprint density at radius 3 is 2.67 bits per heavy atom.